The largest absolute Gasteiger partial charge is 0.372 e. The molecular formula is C22H27N3O2. The van der Waals surface area contributed by atoms with Crippen LogP contribution in [-0.2, 0) is 16.0 Å². The van der Waals surface area contributed by atoms with Crippen LogP contribution in [0.5, 0.6) is 0 Å². The number of hydrogen-bond donors (Lipinski definition) is 1. The van der Waals surface area contributed by atoms with Gasteiger partial charge in [-0.2, -0.15) is 0 Å². The molecule has 2 aromatic carbocycles. The van der Waals surface area contributed by atoms with E-state index in [2.05, 4.69) is 24.1 Å². The highest BCUT2D eigenvalue weighted by Gasteiger charge is 2.21. The zero-order chi connectivity index (χ0) is 19.2. The molecule has 0 atom stereocenters. The first-order valence-electron chi connectivity index (χ1n) is 9.65. The average Bonchev–Trinajstić information content (AvgIpc) is 3.10. The quantitative estimate of drug-likeness (QED) is 0.811. The summed E-state index contributed by atoms with van der Waals surface area (Å²) in [5, 5.41) is 2.95. The smallest absolute Gasteiger partial charge is 0.228 e. The molecule has 0 unspecified atom stereocenters. The van der Waals surface area contributed by atoms with Crippen LogP contribution >= 0.6 is 0 Å². The fraction of sp³-hybridized carbons (Fsp3) is 0.364. The highest BCUT2D eigenvalue weighted by atomic mass is 16.2. The van der Waals surface area contributed by atoms with Gasteiger partial charge < -0.3 is 15.1 Å². The molecule has 1 saturated heterocycles. The van der Waals surface area contributed by atoms with Crippen LogP contribution in [-0.4, -0.2) is 31.4 Å². The van der Waals surface area contributed by atoms with Gasteiger partial charge in [-0.05, 0) is 62.2 Å². The number of nitrogens with one attached hydrogen (secondary N) is 1. The summed E-state index contributed by atoms with van der Waals surface area (Å²) in [6.07, 6.45) is 1.85. The summed E-state index contributed by atoms with van der Waals surface area (Å²) in [7, 11) is 0. The van der Waals surface area contributed by atoms with Gasteiger partial charge >= 0.3 is 0 Å². The summed E-state index contributed by atoms with van der Waals surface area (Å²) in [6, 6.07) is 15.6. The van der Waals surface area contributed by atoms with Gasteiger partial charge in [0.25, 0.3) is 0 Å². The van der Waals surface area contributed by atoms with Gasteiger partial charge in [0.05, 0.1) is 6.42 Å². The highest BCUT2D eigenvalue weighted by molar-refractivity contribution is 5.95. The van der Waals surface area contributed by atoms with Crippen LogP contribution < -0.4 is 15.1 Å². The summed E-state index contributed by atoms with van der Waals surface area (Å²) in [5.41, 5.74) is 3.80. The Morgan fingerprint density at radius 1 is 1.04 bits per heavy atom. The van der Waals surface area contributed by atoms with E-state index in [4.69, 9.17) is 0 Å². The third kappa shape index (κ3) is 4.67. The fourth-order valence-corrected chi connectivity index (χ4v) is 3.45. The second-order valence-corrected chi connectivity index (χ2v) is 6.76. The topological polar surface area (TPSA) is 52.7 Å². The molecule has 1 fully saturated rings. The lowest BCUT2D eigenvalue weighted by atomic mass is 10.1. The Labute approximate surface area is 161 Å². The lowest BCUT2D eigenvalue weighted by Crippen LogP contribution is -2.23. The van der Waals surface area contributed by atoms with Crippen molar-refractivity contribution in [3.8, 4) is 0 Å². The van der Waals surface area contributed by atoms with Gasteiger partial charge in [-0.1, -0.05) is 12.1 Å². The Kier molecular flexibility index (Phi) is 6.12. The van der Waals surface area contributed by atoms with Crippen molar-refractivity contribution in [2.45, 2.75) is 33.1 Å². The molecule has 1 aliphatic rings. The number of rotatable bonds is 7. The van der Waals surface area contributed by atoms with Gasteiger partial charge in [-0.15, -0.1) is 0 Å². The van der Waals surface area contributed by atoms with E-state index in [9.17, 15) is 9.59 Å². The number of anilines is 3. The average molecular weight is 365 g/mol. The summed E-state index contributed by atoms with van der Waals surface area (Å²) in [6.45, 7) is 6.96. The van der Waals surface area contributed by atoms with Crippen LogP contribution in [0.25, 0.3) is 0 Å². The van der Waals surface area contributed by atoms with Crippen molar-refractivity contribution in [1.82, 2.24) is 0 Å². The molecule has 142 valence electrons. The zero-order valence-corrected chi connectivity index (χ0v) is 16.1. The van der Waals surface area contributed by atoms with E-state index in [-0.39, 0.29) is 11.8 Å². The van der Waals surface area contributed by atoms with Gasteiger partial charge in [0.2, 0.25) is 11.8 Å². The fourth-order valence-electron chi connectivity index (χ4n) is 3.45. The van der Waals surface area contributed by atoms with Crippen molar-refractivity contribution >= 4 is 28.9 Å². The van der Waals surface area contributed by atoms with Crippen molar-refractivity contribution in [1.29, 1.82) is 0 Å². The molecule has 0 aromatic heterocycles. The first-order chi connectivity index (χ1) is 13.1. The van der Waals surface area contributed by atoms with Crippen LogP contribution in [0.2, 0.25) is 0 Å². The number of carbonyl (C=O) groups excluding carboxylic acids is 2. The molecule has 2 aromatic rings. The maximum atomic E-state index is 12.3. The number of nitrogens with zero attached hydrogens (tertiary/aromatic N) is 2. The molecule has 0 aliphatic carbocycles. The first kappa shape index (κ1) is 19.0. The normalized spacial score (nSPS) is 13.7. The predicted octanol–water partition coefficient (Wildman–Crippen LogP) is 3.84. The summed E-state index contributed by atoms with van der Waals surface area (Å²) in [5.74, 6) is 0.129. The SMILES string of the molecule is CCN(CC)c1ccc(NC(=O)Cc2ccc(N3CCCC3=O)cc2)cc1. The van der Waals surface area contributed by atoms with E-state index in [0.717, 1.165) is 48.7 Å². The minimum atomic E-state index is -0.0458. The summed E-state index contributed by atoms with van der Waals surface area (Å²) < 4.78 is 0. The molecule has 0 spiro atoms. The Hall–Kier alpha value is -2.82. The van der Waals surface area contributed by atoms with Gasteiger partial charge in [0.1, 0.15) is 0 Å². The molecule has 0 saturated carbocycles. The molecule has 3 rings (SSSR count). The maximum absolute atomic E-state index is 12.3. The second kappa shape index (κ2) is 8.71. The van der Waals surface area contributed by atoms with E-state index >= 15 is 0 Å². The predicted molar refractivity (Wildman–Crippen MR) is 110 cm³/mol. The van der Waals surface area contributed by atoms with E-state index in [1.807, 2.05) is 48.5 Å². The number of benzene rings is 2. The Morgan fingerprint density at radius 2 is 1.70 bits per heavy atom. The molecule has 1 aliphatic heterocycles. The third-order valence-electron chi connectivity index (χ3n) is 4.97. The standard InChI is InChI=1S/C22H27N3O2/c1-3-24(4-2)19-13-9-18(10-14-19)23-21(26)16-17-7-11-20(12-8-17)25-15-5-6-22(25)27/h7-14H,3-6,15-16H2,1-2H3,(H,23,26). The molecule has 1 heterocycles. The lowest BCUT2D eigenvalue weighted by molar-refractivity contribution is -0.117. The van der Waals surface area contributed by atoms with Crippen molar-refractivity contribution in [2.24, 2.45) is 0 Å². The molecule has 27 heavy (non-hydrogen) atoms. The second-order valence-electron chi connectivity index (χ2n) is 6.76. The van der Waals surface area contributed by atoms with Crippen LogP contribution in [0.3, 0.4) is 0 Å². The Balaban J connectivity index is 1.56. The van der Waals surface area contributed by atoms with Gasteiger partial charge in [0.15, 0.2) is 0 Å². The van der Waals surface area contributed by atoms with Crippen LogP contribution in [0, 0.1) is 0 Å². The van der Waals surface area contributed by atoms with Crippen molar-refractivity contribution in [3.05, 3.63) is 54.1 Å². The maximum Gasteiger partial charge on any atom is 0.228 e. The van der Waals surface area contributed by atoms with E-state index in [1.54, 1.807) is 4.90 Å². The Morgan fingerprint density at radius 3 is 2.26 bits per heavy atom. The van der Waals surface area contributed by atoms with Crippen molar-refractivity contribution in [3.63, 3.8) is 0 Å². The first-order valence-corrected chi connectivity index (χ1v) is 9.65. The van der Waals surface area contributed by atoms with Gasteiger partial charge in [-0.25, -0.2) is 0 Å². The molecule has 5 heteroatoms. The molecule has 0 bridgehead atoms. The number of hydrogen-bond acceptors (Lipinski definition) is 3. The molecular weight excluding hydrogens is 338 g/mol. The van der Waals surface area contributed by atoms with Crippen molar-refractivity contribution in [2.75, 3.05) is 34.8 Å². The van der Waals surface area contributed by atoms with E-state index < -0.39 is 0 Å². The minimum Gasteiger partial charge on any atom is -0.372 e. The van der Waals surface area contributed by atoms with E-state index in [1.165, 1.54) is 0 Å². The molecule has 2 amide bonds. The molecule has 1 N–H and O–H groups in total. The van der Waals surface area contributed by atoms with Gasteiger partial charge in [-0.3, -0.25) is 9.59 Å². The van der Waals surface area contributed by atoms with Crippen LogP contribution in [0.4, 0.5) is 17.1 Å². The number of amides is 2. The van der Waals surface area contributed by atoms with Crippen LogP contribution in [0.15, 0.2) is 48.5 Å². The third-order valence-corrected chi connectivity index (χ3v) is 4.97. The Bertz CT molecular complexity index is 780. The van der Waals surface area contributed by atoms with Crippen molar-refractivity contribution < 1.29 is 9.59 Å². The van der Waals surface area contributed by atoms with Gasteiger partial charge in [0, 0.05) is 43.1 Å². The van der Waals surface area contributed by atoms with E-state index in [0.29, 0.717) is 12.8 Å². The molecule has 0 radical (unpaired) electrons. The minimum absolute atomic E-state index is 0.0458. The zero-order valence-electron chi connectivity index (χ0n) is 16.1. The lowest BCUT2D eigenvalue weighted by Gasteiger charge is -2.21. The van der Waals surface area contributed by atoms with Crippen LogP contribution in [0.1, 0.15) is 32.3 Å². The summed E-state index contributed by atoms with van der Waals surface area (Å²) in [4.78, 5) is 28.2. The molecule has 5 nitrogen and oxygen atoms in total. The summed E-state index contributed by atoms with van der Waals surface area (Å²) >= 11 is 0. The monoisotopic (exact) mass is 365 g/mol. The highest BCUT2D eigenvalue weighted by Crippen LogP contribution is 2.22. The number of carbonyl (C=O) groups is 2.